The zero-order chi connectivity index (χ0) is 14.3. The van der Waals surface area contributed by atoms with Gasteiger partial charge >= 0.3 is 0 Å². The first-order chi connectivity index (χ1) is 9.00. The molecule has 106 valence electrons. The van der Waals surface area contributed by atoms with Crippen LogP contribution in [-0.4, -0.2) is 38.2 Å². The number of anilines is 1. The van der Waals surface area contributed by atoms with Gasteiger partial charge in [-0.2, -0.15) is 0 Å². The van der Waals surface area contributed by atoms with Crippen molar-refractivity contribution in [3.8, 4) is 0 Å². The molecule has 0 radical (unpaired) electrons. The molecule has 0 atom stereocenters. The highest BCUT2D eigenvalue weighted by Crippen LogP contribution is 2.11. The summed E-state index contributed by atoms with van der Waals surface area (Å²) in [5.41, 5.74) is 3.05. The van der Waals surface area contributed by atoms with Crippen LogP contribution in [0.15, 0.2) is 18.5 Å². The van der Waals surface area contributed by atoms with Crippen LogP contribution >= 0.6 is 0 Å². The van der Waals surface area contributed by atoms with Crippen molar-refractivity contribution in [1.82, 2.24) is 15.0 Å². The van der Waals surface area contributed by atoms with Crippen LogP contribution in [0.3, 0.4) is 0 Å². The molecule has 0 aliphatic rings. The topological polar surface area (TPSA) is 126 Å². The van der Waals surface area contributed by atoms with Gasteiger partial charge < -0.3 is 10.7 Å². The number of hydrazine groups is 1. The van der Waals surface area contributed by atoms with Gasteiger partial charge in [0.1, 0.15) is 0 Å². The number of pyridine rings is 1. The molecule has 1 rings (SSSR count). The van der Waals surface area contributed by atoms with Crippen molar-refractivity contribution in [2.24, 2.45) is 5.84 Å². The van der Waals surface area contributed by atoms with Crippen molar-refractivity contribution >= 4 is 21.6 Å². The van der Waals surface area contributed by atoms with E-state index < -0.39 is 15.9 Å². The number of carbonyl (C=O) groups is 1. The Morgan fingerprint density at radius 2 is 2.21 bits per heavy atom. The highest BCUT2D eigenvalue weighted by atomic mass is 32.2. The molecular formula is C10H17N5O3S. The summed E-state index contributed by atoms with van der Waals surface area (Å²) >= 11 is 0. The molecular weight excluding hydrogens is 270 g/mol. The van der Waals surface area contributed by atoms with E-state index in [1.165, 1.54) is 12.4 Å². The fourth-order valence-electron chi connectivity index (χ4n) is 1.39. The highest BCUT2D eigenvalue weighted by Gasteiger charge is 2.13. The van der Waals surface area contributed by atoms with E-state index in [2.05, 4.69) is 20.4 Å². The molecule has 0 aromatic carbocycles. The molecule has 9 heteroatoms. The summed E-state index contributed by atoms with van der Waals surface area (Å²) in [5.74, 6) is 4.64. The minimum absolute atomic E-state index is 0.00702. The van der Waals surface area contributed by atoms with Gasteiger partial charge in [0.05, 0.1) is 17.0 Å². The van der Waals surface area contributed by atoms with Crippen molar-refractivity contribution in [1.29, 1.82) is 0 Å². The van der Waals surface area contributed by atoms with Crippen LogP contribution in [0.1, 0.15) is 17.3 Å². The van der Waals surface area contributed by atoms with E-state index in [0.717, 1.165) is 0 Å². The molecule has 19 heavy (non-hydrogen) atoms. The quantitative estimate of drug-likeness (QED) is 0.378. The average Bonchev–Trinajstić information content (AvgIpc) is 2.38. The molecule has 0 unspecified atom stereocenters. The first kappa shape index (κ1) is 15.3. The fourth-order valence-corrected chi connectivity index (χ4v) is 2.34. The van der Waals surface area contributed by atoms with Crippen LogP contribution in [0.25, 0.3) is 0 Å². The van der Waals surface area contributed by atoms with Gasteiger partial charge in [0, 0.05) is 25.5 Å². The number of rotatable bonds is 7. The zero-order valence-corrected chi connectivity index (χ0v) is 11.3. The second kappa shape index (κ2) is 7.02. The van der Waals surface area contributed by atoms with Crippen LogP contribution in [0.5, 0.6) is 0 Å². The van der Waals surface area contributed by atoms with E-state index in [1.807, 2.05) is 0 Å². The fraction of sp³-hybridized carbons (Fsp3) is 0.400. The van der Waals surface area contributed by atoms with Crippen LogP contribution in [0.4, 0.5) is 5.69 Å². The normalized spacial score (nSPS) is 11.1. The largest absolute Gasteiger partial charge is 0.351 e. The number of nitrogens with one attached hydrogen (secondary N) is 3. The number of carbonyl (C=O) groups excluding carboxylic acids is 1. The number of sulfonamides is 1. The summed E-state index contributed by atoms with van der Waals surface area (Å²) in [6.45, 7) is 2.01. The molecule has 0 saturated carbocycles. The molecule has 1 amide bonds. The molecule has 8 nitrogen and oxygen atoms in total. The molecule has 1 aromatic heterocycles. The van der Waals surface area contributed by atoms with Crippen molar-refractivity contribution in [3.05, 3.63) is 24.0 Å². The van der Waals surface area contributed by atoms with Crippen LogP contribution in [0, 0.1) is 0 Å². The lowest BCUT2D eigenvalue weighted by atomic mass is 10.2. The first-order valence-corrected chi connectivity index (χ1v) is 7.31. The highest BCUT2D eigenvalue weighted by molar-refractivity contribution is 7.89. The van der Waals surface area contributed by atoms with E-state index >= 15 is 0 Å². The van der Waals surface area contributed by atoms with Crippen molar-refractivity contribution < 1.29 is 13.2 Å². The lowest BCUT2D eigenvalue weighted by molar-refractivity contribution is 0.0956. The Balaban J connectivity index is 2.57. The van der Waals surface area contributed by atoms with Gasteiger partial charge in [-0.3, -0.25) is 15.6 Å². The van der Waals surface area contributed by atoms with Gasteiger partial charge in [0.15, 0.2) is 0 Å². The van der Waals surface area contributed by atoms with Gasteiger partial charge in [-0.25, -0.2) is 13.1 Å². The molecule has 0 bridgehead atoms. The van der Waals surface area contributed by atoms with Gasteiger partial charge in [-0.15, -0.1) is 0 Å². The maximum Gasteiger partial charge on any atom is 0.255 e. The summed E-state index contributed by atoms with van der Waals surface area (Å²) in [4.78, 5) is 15.6. The minimum Gasteiger partial charge on any atom is -0.351 e. The molecule has 0 spiro atoms. The maximum absolute atomic E-state index is 11.8. The van der Waals surface area contributed by atoms with Crippen LogP contribution in [0.2, 0.25) is 0 Å². The third kappa shape index (κ3) is 4.81. The van der Waals surface area contributed by atoms with Crippen LogP contribution < -0.4 is 21.3 Å². The number of nitrogens with zero attached hydrogens (tertiary/aromatic N) is 1. The number of aromatic nitrogens is 1. The van der Waals surface area contributed by atoms with Gasteiger partial charge in [0.25, 0.3) is 5.91 Å². The Labute approximate surface area is 111 Å². The van der Waals surface area contributed by atoms with Crippen molar-refractivity contribution in [2.75, 3.05) is 24.3 Å². The summed E-state index contributed by atoms with van der Waals surface area (Å²) < 4.78 is 25.1. The molecule has 0 saturated heterocycles. The second-order valence-electron chi connectivity index (χ2n) is 3.64. The van der Waals surface area contributed by atoms with Gasteiger partial charge in [0.2, 0.25) is 10.0 Å². The Bertz CT molecular complexity index is 532. The lowest BCUT2D eigenvalue weighted by Crippen LogP contribution is -2.34. The Hall–Kier alpha value is -1.71. The molecule has 1 aromatic rings. The summed E-state index contributed by atoms with van der Waals surface area (Å²) in [7, 11) is -3.35. The van der Waals surface area contributed by atoms with Gasteiger partial charge in [-0.1, -0.05) is 6.92 Å². The number of hydrogen-bond acceptors (Lipinski definition) is 6. The smallest absolute Gasteiger partial charge is 0.255 e. The zero-order valence-electron chi connectivity index (χ0n) is 10.5. The number of amides is 1. The Kier molecular flexibility index (Phi) is 5.67. The third-order valence-corrected chi connectivity index (χ3v) is 3.71. The van der Waals surface area contributed by atoms with E-state index in [1.54, 1.807) is 13.0 Å². The Morgan fingerprint density at radius 1 is 1.47 bits per heavy atom. The average molecular weight is 287 g/mol. The maximum atomic E-state index is 11.8. The second-order valence-corrected chi connectivity index (χ2v) is 5.56. The SMILES string of the molecule is CCNS(=O)(=O)CCNC(=O)c1cnccc1NN. The standard InChI is InChI=1S/C10H17N5O3S/c1-2-14-19(17,18)6-5-13-10(16)8-7-12-4-3-9(8)15-11/h3-4,7,14H,2,5-6,11H2,1H3,(H,12,15)(H,13,16). The van der Waals surface area contributed by atoms with Crippen LogP contribution in [-0.2, 0) is 10.0 Å². The predicted molar refractivity (Wildman–Crippen MR) is 71.8 cm³/mol. The summed E-state index contributed by atoms with van der Waals surface area (Å²) in [6, 6.07) is 1.55. The lowest BCUT2D eigenvalue weighted by Gasteiger charge is -2.09. The molecule has 0 aliphatic carbocycles. The number of nitrogens with two attached hydrogens (primary N) is 1. The van der Waals surface area contributed by atoms with E-state index in [-0.39, 0.29) is 17.9 Å². The monoisotopic (exact) mass is 287 g/mol. The minimum atomic E-state index is -3.35. The van der Waals surface area contributed by atoms with E-state index in [4.69, 9.17) is 5.84 Å². The van der Waals surface area contributed by atoms with Crippen molar-refractivity contribution in [3.63, 3.8) is 0 Å². The number of hydrogen-bond donors (Lipinski definition) is 4. The van der Waals surface area contributed by atoms with E-state index in [9.17, 15) is 13.2 Å². The predicted octanol–water partition coefficient (Wildman–Crippen LogP) is -0.964. The van der Waals surface area contributed by atoms with Gasteiger partial charge in [-0.05, 0) is 6.07 Å². The van der Waals surface area contributed by atoms with E-state index in [0.29, 0.717) is 12.2 Å². The molecule has 0 aliphatic heterocycles. The molecule has 1 heterocycles. The summed E-state index contributed by atoms with van der Waals surface area (Å²) in [5, 5.41) is 2.49. The molecule has 0 fully saturated rings. The first-order valence-electron chi connectivity index (χ1n) is 5.66. The molecule has 5 N–H and O–H groups in total. The summed E-state index contributed by atoms with van der Waals surface area (Å²) in [6.07, 6.45) is 2.84. The number of nitrogen functional groups attached to an aromatic ring is 1. The van der Waals surface area contributed by atoms with Crippen molar-refractivity contribution in [2.45, 2.75) is 6.92 Å². The Morgan fingerprint density at radius 3 is 2.84 bits per heavy atom. The third-order valence-electron chi connectivity index (χ3n) is 2.24.